The first-order chi connectivity index (χ1) is 12.2. The van der Waals surface area contributed by atoms with Gasteiger partial charge in [0.05, 0.1) is 6.10 Å². The van der Waals surface area contributed by atoms with Gasteiger partial charge in [-0.15, -0.1) is 0 Å². The van der Waals surface area contributed by atoms with Gasteiger partial charge in [0, 0.05) is 30.4 Å². The lowest BCUT2D eigenvalue weighted by Gasteiger charge is -2.31. The van der Waals surface area contributed by atoms with Gasteiger partial charge in [0.1, 0.15) is 11.6 Å². The molecule has 3 heterocycles. The Kier molecular flexibility index (Phi) is 4.15. The summed E-state index contributed by atoms with van der Waals surface area (Å²) in [6.45, 7) is 1.43. The molecule has 128 valence electrons. The number of aliphatic hydroxyl groups is 1. The van der Waals surface area contributed by atoms with Crippen molar-refractivity contribution in [3.05, 3.63) is 48.4 Å². The Balaban J connectivity index is 1.60. The molecule has 4 rings (SSSR count). The average molecular weight is 340 g/mol. The van der Waals surface area contributed by atoms with Gasteiger partial charge in [0.2, 0.25) is 5.82 Å². The number of pyridine rings is 1. The van der Waals surface area contributed by atoms with E-state index >= 15 is 0 Å². The lowest BCUT2D eigenvalue weighted by atomic mass is 10.1. The minimum atomic E-state index is -0.326. The Morgan fingerprint density at radius 1 is 1.16 bits per heavy atom. The zero-order valence-corrected chi connectivity index (χ0v) is 13.5. The summed E-state index contributed by atoms with van der Waals surface area (Å²) < 4.78 is 18.4. The summed E-state index contributed by atoms with van der Waals surface area (Å²) >= 11 is 0. The van der Waals surface area contributed by atoms with Crippen molar-refractivity contribution in [1.82, 2.24) is 15.1 Å². The van der Waals surface area contributed by atoms with E-state index in [1.807, 2.05) is 6.07 Å². The summed E-state index contributed by atoms with van der Waals surface area (Å²) in [5, 5.41) is 13.8. The average Bonchev–Trinajstić information content (AvgIpc) is 3.13. The van der Waals surface area contributed by atoms with Gasteiger partial charge < -0.3 is 14.5 Å². The van der Waals surface area contributed by atoms with E-state index in [2.05, 4.69) is 20.0 Å². The summed E-state index contributed by atoms with van der Waals surface area (Å²) in [7, 11) is 0. The second-order valence-electron chi connectivity index (χ2n) is 6.07. The molecule has 0 radical (unpaired) electrons. The number of piperidine rings is 1. The molecule has 6 nitrogen and oxygen atoms in total. The molecular weight excluding hydrogens is 323 g/mol. The van der Waals surface area contributed by atoms with Crippen LogP contribution in [0.4, 0.5) is 10.2 Å². The number of rotatable bonds is 3. The van der Waals surface area contributed by atoms with Crippen LogP contribution in [0.25, 0.3) is 22.8 Å². The minimum Gasteiger partial charge on any atom is -0.391 e. The fraction of sp³-hybridized carbons (Fsp3) is 0.278. The summed E-state index contributed by atoms with van der Waals surface area (Å²) in [5.41, 5.74) is 1.44. The molecule has 0 amide bonds. The van der Waals surface area contributed by atoms with Crippen LogP contribution in [-0.2, 0) is 0 Å². The molecule has 25 heavy (non-hydrogen) atoms. The second-order valence-corrected chi connectivity index (χ2v) is 6.07. The van der Waals surface area contributed by atoms with Crippen LogP contribution < -0.4 is 4.90 Å². The number of aromatic nitrogens is 3. The number of hydrogen-bond acceptors (Lipinski definition) is 6. The van der Waals surface area contributed by atoms with Gasteiger partial charge in [0.25, 0.3) is 5.89 Å². The zero-order chi connectivity index (χ0) is 17.2. The predicted molar refractivity (Wildman–Crippen MR) is 90.4 cm³/mol. The van der Waals surface area contributed by atoms with Gasteiger partial charge in [-0.1, -0.05) is 5.16 Å². The summed E-state index contributed by atoms with van der Waals surface area (Å²) in [4.78, 5) is 10.8. The van der Waals surface area contributed by atoms with E-state index in [0.29, 0.717) is 23.8 Å². The van der Waals surface area contributed by atoms with Crippen LogP contribution in [0.1, 0.15) is 12.8 Å². The monoisotopic (exact) mass is 340 g/mol. The highest BCUT2D eigenvalue weighted by atomic mass is 19.1. The van der Waals surface area contributed by atoms with Crippen LogP contribution in [0.15, 0.2) is 47.1 Å². The molecule has 0 aliphatic carbocycles. The molecular formula is C18H17FN4O2. The van der Waals surface area contributed by atoms with Crippen molar-refractivity contribution in [3.63, 3.8) is 0 Å². The van der Waals surface area contributed by atoms with Crippen LogP contribution >= 0.6 is 0 Å². The number of β-amino-alcohol motifs (C(OH)–C–C–N with tert-alkyl or cyclic N) is 1. The molecule has 1 aliphatic heterocycles. The third-order valence-electron chi connectivity index (χ3n) is 4.24. The highest BCUT2D eigenvalue weighted by molar-refractivity contribution is 5.62. The van der Waals surface area contributed by atoms with Crippen molar-refractivity contribution >= 4 is 5.82 Å². The topological polar surface area (TPSA) is 75.3 Å². The first-order valence-corrected chi connectivity index (χ1v) is 8.18. The normalized spacial score (nSPS) is 17.7. The van der Waals surface area contributed by atoms with Crippen molar-refractivity contribution in [2.45, 2.75) is 18.9 Å². The minimum absolute atomic E-state index is 0.310. The van der Waals surface area contributed by atoms with Crippen LogP contribution in [0.2, 0.25) is 0 Å². The lowest BCUT2D eigenvalue weighted by molar-refractivity contribution is 0.154. The standard InChI is InChI=1S/C18H17FN4O2/c19-14-5-3-12(4-6-14)17-21-18(25-22-17)13-7-8-20-16(10-13)23-9-1-2-15(24)11-23/h3-8,10,15,24H,1-2,9,11H2. The molecule has 1 unspecified atom stereocenters. The SMILES string of the molecule is OC1CCCN(c2cc(-c3nc(-c4ccc(F)cc4)no3)ccn2)C1. The third kappa shape index (κ3) is 3.36. The number of halogens is 1. The van der Waals surface area contributed by atoms with E-state index in [4.69, 9.17) is 4.52 Å². The van der Waals surface area contributed by atoms with Gasteiger partial charge in [0.15, 0.2) is 0 Å². The quantitative estimate of drug-likeness (QED) is 0.790. The van der Waals surface area contributed by atoms with E-state index in [-0.39, 0.29) is 11.9 Å². The first-order valence-electron chi connectivity index (χ1n) is 8.18. The predicted octanol–water partition coefficient (Wildman–Crippen LogP) is 2.90. The Morgan fingerprint density at radius 3 is 2.80 bits per heavy atom. The zero-order valence-electron chi connectivity index (χ0n) is 13.5. The van der Waals surface area contributed by atoms with E-state index in [1.165, 1.54) is 12.1 Å². The Morgan fingerprint density at radius 2 is 2.00 bits per heavy atom. The van der Waals surface area contributed by atoms with Crippen LogP contribution in [0, 0.1) is 5.82 Å². The van der Waals surface area contributed by atoms with E-state index in [9.17, 15) is 9.50 Å². The summed E-state index contributed by atoms with van der Waals surface area (Å²) in [6.07, 6.45) is 3.11. The lowest BCUT2D eigenvalue weighted by Crippen LogP contribution is -2.38. The molecule has 1 saturated heterocycles. The van der Waals surface area contributed by atoms with Crippen molar-refractivity contribution in [3.8, 4) is 22.8 Å². The molecule has 0 saturated carbocycles. The molecule has 1 aliphatic rings. The van der Waals surface area contributed by atoms with E-state index in [1.54, 1.807) is 24.4 Å². The molecule has 7 heteroatoms. The number of aliphatic hydroxyl groups excluding tert-OH is 1. The Labute approximate surface area is 143 Å². The maximum Gasteiger partial charge on any atom is 0.258 e. The number of anilines is 1. The third-order valence-corrected chi connectivity index (χ3v) is 4.24. The number of nitrogens with zero attached hydrogens (tertiary/aromatic N) is 4. The van der Waals surface area contributed by atoms with Crippen LogP contribution in [0.5, 0.6) is 0 Å². The summed E-state index contributed by atoms with van der Waals surface area (Å²) in [6, 6.07) is 9.61. The molecule has 1 atom stereocenters. The van der Waals surface area contributed by atoms with Crippen molar-refractivity contribution in [2.75, 3.05) is 18.0 Å². The molecule has 2 aromatic heterocycles. The molecule has 1 N–H and O–H groups in total. The van der Waals surface area contributed by atoms with Crippen LogP contribution in [-0.4, -0.2) is 39.4 Å². The highest BCUT2D eigenvalue weighted by Crippen LogP contribution is 2.26. The smallest absolute Gasteiger partial charge is 0.258 e. The van der Waals surface area contributed by atoms with Crippen molar-refractivity contribution in [1.29, 1.82) is 0 Å². The van der Waals surface area contributed by atoms with Gasteiger partial charge >= 0.3 is 0 Å². The Bertz CT molecular complexity index is 866. The maximum absolute atomic E-state index is 13.0. The van der Waals surface area contributed by atoms with E-state index in [0.717, 1.165) is 30.8 Å². The largest absolute Gasteiger partial charge is 0.391 e. The molecule has 0 bridgehead atoms. The van der Waals surface area contributed by atoms with Gasteiger partial charge in [-0.25, -0.2) is 9.37 Å². The van der Waals surface area contributed by atoms with Gasteiger partial charge in [-0.2, -0.15) is 4.98 Å². The molecule has 1 aromatic carbocycles. The molecule has 0 spiro atoms. The van der Waals surface area contributed by atoms with Crippen molar-refractivity contribution in [2.24, 2.45) is 0 Å². The van der Waals surface area contributed by atoms with Gasteiger partial charge in [-0.3, -0.25) is 0 Å². The van der Waals surface area contributed by atoms with E-state index < -0.39 is 0 Å². The molecule has 3 aromatic rings. The fourth-order valence-electron chi connectivity index (χ4n) is 2.94. The first kappa shape index (κ1) is 15.7. The Hall–Kier alpha value is -2.80. The number of benzene rings is 1. The van der Waals surface area contributed by atoms with Gasteiger partial charge in [-0.05, 0) is 49.2 Å². The maximum atomic E-state index is 13.0. The second kappa shape index (κ2) is 6.60. The number of hydrogen-bond donors (Lipinski definition) is 1. The summed E-state index contributed by atoms with van der Waals surface area (Å²) in [5.74, 6) is 1.25. The molecule has 1 fully saturated rings. The van der Waals surface area contributed by atoms with Crippen molar-refractivity contribution < 1.29 is 14.0 Å². The fourth-order valence-corrected chi connectivity index (χ4v) is 2.94. The van der Waals surface area contributed by atoms with Crippen LogP contribution in [0.3, 0.4) is 0 Å². The highest BCUT2D eigenvalue weighted by Gasteiger charge is 2.20.